The number of carbonyl (C=O) groups is 1. The van der Waals surface area contributed by atoms with Crippen LogP contribution in [0, 0.1) is 0 Å². The van der Waals surface area contributed by atoms with Crippen molar-refractivity contribution < 1.29 is 23.3 Å². The molecule has 0 saturated carbocycles. The van der Waals surface area contributed by atoms with Gasteiger partial charge in [-0.05, 0) is 0 Å². The predicted molar refractivity (Wildman–Crippen MR) is 77.9 cm³/mol. The maximum atomic E-state index is 12.1. The Balaban J connectivity index is 2.34. The molecule has 1 amide bonds. The van der Waals surface area contributed by atoms with Crippen LogP contribution in [0.5, 0.6) is 0 Å². The minimum atomic E-state index is -3.44. The van der Waals surface area contributed by atoms with Gasteiger partial charge < -0.3 is 0 Å². The van der Waals surface area contributed by atoms with E-state index in [1.807, 2.05) is 6.92 Å². The third kappa shape index (κ3) is 2.37. The number of nitrogens with zero attached hydrogens (tertiary/aromatic N) is 2. The van der Waals surface area contributed by atoms with E-state index in [0.29, 0.717) is 6.61 Å². The zero-order valence-electron chi connectivity index (χ0n) is 11.0. The van der Waals surface area contributed by atoms with Crippen molar-refractivity contribution in [3.8, 4) is 0 Å². The van der Waals surface area contributed by atoms with Gasteiger partial charge in [-0.2, -0.15) is 0 Å². The Bertz CT molecular complexity index is 402. The van der Waals surface area contributed by atoms with Crippen molar-refractivity contribution >= 4 is 40.6 Å². The van der Waals surface area contributed by atoms with Crippen molar-refractivity contribution in [1.29, 1.82) is 0 Å². The molecular formula is C9H17N2O5PS2. The maximum absolute atomic E-state index is 12.1. The van der Waals surface area contributed by atoms with E-state index in [1.54, 1.807) is 6.92 Å². The monoisotopic (exact) mass is 328 g/mol. The summed E-state index contributed by atoms with van der Waals surface area (Å²) in [7, 11) is 1.53. The fourth-order valence-corrected chi connectivity index (χ4v) is 12.7. The molecule has 0 bridgehead atoms. The quantitative estimate of drug-likeness (QED) is 0.737. The normalized spacial score (nSPS) is 25.3. The molecule has 0 unspecified atom stereocenters. The summed E-state index contributed by atoms with van der Waals surface area (Å²) in [6.45, 7) is 4.23. The minimum absolute atomic E-state index is 0.0666. The van der Waals surface area contributed by atoms with Gasteiger partial charge in [0.1, 0.15) is 0 Å². The molecule has 1 fully saturated rings. The van der Waals surface area contributed by atoms with Crippen LogP contribution in [0.1, 0.15) is 13.8 Å². The fraction of sp³-hybridized carbons (Fsp3) is 0.778. The first-order chi connectivity index (χ1) is 9.10. The van der Waals surface area contributed by atoms with E-state index >= 15 is 0 Å². The zero-order chi connectivity index (χ0) is 14.0. The van der Waals surface area contributed by atoms with Crippen LogP contribution in [0.3, 0.4) is 0 Å². The van der Waals surface area contributed by atoms with Crippen LogP contribution in [0.25, 0.3) is 0 Å². The number of carbonyl (C=O) groups excluding carboxylic acids is 1. The second-order valence-corrected chi connectivity index (χ2v) is 13.4. The number of hydrazone groups is 1. The van der Waals surface area contributed by atoms with Gasteiger partial charge in [0, 0.05) is 0 Å². The van der Waals surface area contributed by atoms with Gasteiger partial charge >= 0.3 is 119 Å². The first kappa shape index (κ1) is 15.0. The summed E-state index contributed by atoms with van der Waals surface area (Å²) in [6.07, 6.45) is -0.504. The van der Waals surface area contributed by atoms with Crippen molar-refractivity contribution in [2.24, 2.45) is 5.10 Å². The fourth-order valence-electron chi connectivity index (χ4n) is 1.67. The van der Waals surface area contributed by atoms with Crippen LogP contribution in [-0.2, 0) is 18.5 Å². The molecule has 7 nitrogen and oxygen atoms in total. The molecule has 0 atom stereocenters. The van der Waals surface area contributed by atoms with Gasteiger partial charge in [-0.15, -0.1) is 0 Å². The molecule has 0 radical (unpaired) electrons. The molecule has 2 rings (SSSR count). The van der Waals surface area contributed by atoms with Crippen LogP contribution in [0.15, 0.2) is 5.10 Å². The van der Waals surface area contributed by atoms with Crippen molar-refractivity contribution in [3.05, 3.63) is 0 Å². The van der Waals surface area contributed by atoms with Crippen molar-refractivity contribution in [3.63, 3.8) is 0 Å². The predicted octanol–water partition coefficient (Wildman–Crippen LogP) is 3.04. The molecule has 1 spiro atoms. The number of amides is 1. The number of hydrogen-bond donors (Lipinski definition) is 0. The molecule has 0 aromatic carbocycles. The molecule has 19 heavy (non-hydrogen) atoms. The van der Waals surface area contributed by atoms with E-state index < -0.39 is 11.7 Å². The molecule has 10 heteroatoms. The second kappa shape index (κ2) is 5.55. The van der Waals surface area contributed by atoms with E-state index in [4.69, 9.17) is 18.5 Å². The topological polar surface area (TPSA) is 69.6 Å². The van der Waals surface area contributed by atoms with E-state index in [-0.39, 0.29) is 12.7 Å². The SMILES string of the molecule is CCOC(=O)N1N=C(OCC)OP12(OC)SCCS2. The zero-order valence-corrected chi connectivity index (χ0v) is 13.6. The number of rotatable bonds is 3. The summed E-state index contributed by atoms with van der Waals surface area (Å²) in [5.74, 6) is 1.64. The van der Waals surface area contributed by atoms with Crippen LogP contribution >= 0.6 is 28.4 Å². The van der Waals surface area contributed by atoms with E-state index in [0.717, 1.165) is 11.5 Å². The molecule has 2 heterocycles. The summed E-state index contributed by atoms with van der Waals surface area (Å²) < 4.78 is 23.0. The average Bonchev–Trinajstić information content (AvgIpc) is 2.96. The molecule has 2 aliphatic rings. The number of ether oxygens (including phenoxy) is 2. The second-order valence-electron chi connectivity index (χ2n) is 3.50. The molecule has 1 saturated heterocycles. The Morgan fingerprint density at radius 3 is 2.63 bits per heavy atom. The van der Waals surface area contributed by atoms with E-state index in [1.165, 1.54) is 34.7 Å². The third-order valence-electron chi connectivity index (χ3n) is 2.42. The Labute approximate surface area is 120 Å². The van der Waals surface area contributed by atoms with Gasteiger partial charge in [-0.3, -0.25) is 0 Å². The van der Waals surface area contributed by atoms with Crippen LogP contribution in [0.4, 0.5) is 4.79 Å². The summed E-state index contributed by atoms with van der Waals surface area (Å²) in [5.41, 5.74) is -3.44. The summed E-state index contributed by atoms with van der Waals surface area (Å²) >= 11 is 2.94. The average molecular weight is 328 g/mol. The van der Waals surface area contributed by atoms with Gasteiger partial charge in [0.2, 0.25) is 0 Å². The molecular weight excluding hydrogens is 311 g/mol. The van der Waals surface area contributed by atoms with Crippen LogP contribution in [-0.4, -0.2) is 48.8 Å². The van der Waals surface area contributed by atoms with Gasteiger partial charge in [0.25, 0.3) is 0 Å². The summed E-state index contributed by atoms with van der Waals surface area (Å²) in [6, 6.07) is 0. The third-order valence-corrected chi connectivity index (χ3v) is 14.1. The standard InChI is InChI=1S/C9H17N2O5PS2/c1-4-14-8-10-11(9(12)15-5-2)17(13-3,16-8)18-6-7-19-17/h4-7H2,1-3H3. The van der Waals surface area contributed by atoms with Crippen molar-refractivity contribution in [1.82, 2.24) is 4.78 Å². The van der Waals surface area contributed by atoms with Gasteiger partial charge in [-0.1, -0.05) is 0 Å². The van der Waals surface area contributed by atoms with Gasteiger partial charge in [-0.25, -0.2) is 0 Å². The first-order valence-electron chi connectivity index (χ1n) is 5.87. The van der Waals surface area contributed by atoms with Gasteiger partial charge in [0.05, 0.1) is 0 Å². The summed E-state index contributed by atoms with van der Waals surface area (Å²) in [5, 5.41) is 4.10. The molecule has 0 aromatic heterocycles. The Morgan fingerprint density at radius 2 is 2.11 bits per heavy atom. The molecule has 0 aromatic rings. The van der Waals surface area contributed by atoms with Crippen molar-refractivity contribution in [2.75, 3.05) is 31.8 Å². The molecule has 0 aliphatic carbocycles. The van der Waals surface area contributed by atoms with Crippen LogP contribution < -0.4 is 0 Å². The van der Waals surface area contributed by atoms with Crippen molar-refractivity contribution in [2.45, 2.75) is 13.8 Å². The molecule has 2 aliphatic heterocycles. The Hall–Kier alpha value is -0.370. The van der Waals surface area contributed by atoms with E-state index in [9.17, 15) is 4.79 Å². The van der Waals surface area contributed by atoms with E-state index in [2.05, 4.69) is 5.10 Å². The van der Waals surface area contributed by atoms with Gasteiger partial charge in [0.15, 0.2) is 0 Å². The molecule has 110 valence electrons. The number of hydrogen-bond acceptors (Lipinski definition) is 8. The Morgan fingerprint density at radius 1 is 1.42 bits per heavy atom. The summed E-state index contributed by atoms with van der Waals surface area (Å²) in [4.78, 5) is 12.1. The molecule has 0 N–H and O–H groups in total. The first-order valence-corrected chi connectivity index (χ1v) is 11.1. The Kier molecular flexibility index (Phi) is 4.39. The van der Waals surface area contributed by atoms with Crippen LogP contribution in [0.2, 0.25) is 0 Å².